The number of nitrogens with zero attached hydrogens (tertiary/aromatic N) is 2. The molecule has 0 saturated carbocycles. The van der Waals surface area contributed by atoms with Crippen molar-refractivity contribution in [2.75, 3.05) is 0 Å². The third-order valence-electron chi connectivity index (χ3n) is 8.43. The number of hydrogen-bond acceptors (Lipinski definition) is 2. The van der Waals surface area contributed by atoms with E-state index < -0.39 is 0 Å². The summed E-state index contributed by atoms with van der Waals surface area (Å²) >= 11 is 0. The molecule has 1 aromatic heterocycles. The second-order valence-electron chi connectivity index (χ2n) is 11.3. The van der Waals surface area contributed by atoms with Crippen molar-refractivity contribution < 1.29 is 0 Å². The van der Waals surface area contributed by atoms with Gasteiger partial charge in [0, 0.05) is 27.7 Å². The number of para-hydroxylation sites is 2. The molecule has 0 radical (unpaired) electrons. The molecule has 7 aromatic rings. The Balaban J connectivity index is 1.21. The summed E-state index contributed by atoms with van der Waals surface area (Å²) in [5, 5.41) is 6.22. The number of benzene rings is 6. The van der Waals surface area contributed by atoms with Crippen LogP contribution >= 0.6 is 0 Å². The van der Waals surface area contributed by atoms with Crippen LogP contribution in [0.15, 0.2) is 175 Å². The van der Waals surface area contributed by atoms with Crippen LogP contribution in [-0.2, 0) is 0 Å². The molecule has 0 saturated heterocycles. The van der Waals surface area contributed by atoms with E-state index in [9.17, 15) is 0 Å². The normalized spacial score (nSPS) is 13.4. The second-order valence-corrected chi connectivity index (χ2v) is 11.3. The molecule has 1 aliphatic rings. The number of aliphatic imine (C=N–C) groups is 1. The number of amidine groups is 1. The predicted octanol–water partition coefficient (Wildman–Crippen LogP) is 10.3. The lowest BCUT2D eigenvalue weighted by Gasteiger charge is -2.18. The molecule has 0 unspecified atom stereocenters. The van der Waals surface area contributed by atoms with Crippen molar-refractivity contribution in [3.8, 4) is 16.8 Å². The zero-order valence-electron chi connectivity index (χ0n) is 24.8. The summed E-state index contributed by atoms with van der Waals surface area (Å²) in [6.07, 6.45) is 5.24. The van der Waals surface area contributed by atoms with Gasteiger partial charge in [0.05, 0.1) is 16.7 Å². The Kier molecular flexibility index (Phi) is 6.89. The standard InChI is InChI=1S/C42H31N3/c1-4-14-30(15-5-1)38-23-13-24-39(44-42(43-38)31-16-6-2-7-17-31)34-19-12-18-32(28-34)33-26-27-37-36-22-10-11-25-40(36)45(41(37)29-33)35-20-8-3-9-21-35/h1-12,14-29H,13H2,(H,43,44). The lowest BCUT2D eigenvalue weighted by atomic mass is 9.99. The quantitative estimate of drug-likeness (QED) is 0.217. The molecular formula is C42H31N3. The number of aromatic nitrogens is 1. The van der Waals surface area contributed by atoms with Crippen molar-refractivity contribution in [2.45, 2.75) is 6.42 Å². The fourth-order valence-corrected chi connectivity index (χ4v) is 6.25. The number of fused-ring (bicyclic) bond motifs is 3. The molecule has 0 bridgehead atoms. The van der Waals surface area contributed by atoms with E-state index in [0.29, 0.717) is 0 Å². The SMILES string of the molecule is C1=C(c2ccccc2)N=C(c2ccccc2)NC(c2cccc(-c3ccc4c5ccccc5n(-c5ccccc5)c4c3)c2)=CC1. The molecule has 2 heterocycles. The topological polar surface area (TPSA) is 29.3 Å². The highest BCUT2D eigenvalue weighted by atomic mass is 15.0. The first-order valence-corrected chi connectivity index (χ1v) is 15.4. The first-order chi connectivity index (χ1) is 22.3. The molecule has 1 aliphatic heterocycles. The first-order valence-electron chi connectivity index (χ1n) is 15.4. The Morgan fingerprint density at radius 1 is 0.467 bits per heavy atom. The van der Waals surface area contributed by atoms with Gasteiger partial charge in [-0.1, -0.05) is 140 Å². The van der Waals surface area contributed by atoms with Crippen LogP contribution in [0.2, 0.25) is 0 Å². The van der Waals surface area contributed by atoms with E-state index in [0.717, 1.165) is 46.0 Å². The van der Waals surface area contributed by atoms with Gasteiger partial charge in [-0.25, -0.2) is 4.99 Å². The van der Waals surface area contributed by atoms with Crippen LogP contribution in [0.5, 0.6) is 0 Å². The Labute approximate surface area is 263 Å². The highest BCUT2D eigenvalue weighted by Crippen LogP contribution is 2.35. The van der Waals surface area contributed by atoms with Gasteiger partial charge in [-0.3, -0.25) is 0 Å². The van der Waals surface area contributed by atoms with E-state index in [1.54, 1.807) is 0 Å². The van der Waals surface area contributed by atoms with Gasteiger partial charge in [-0.2, -0.15) is 0 Å². The minimum atomic E-state index is 0.769. The molecule has 1 N–H and O–H groups in total. The number of hydrogen-bond donors (Lipinski definition) is 1. The van der Waals surface area contributed by atoms with Gasteiger partial charge < -0.3 is 9.88 Å². The predicted molar refractivity (Wildman–Crippen MR) is 189 cm³/mol. The van der Waals surface area contributed by atoms with Crippen LogP contribution in [0.3, 0.4) is 0 Å². The van der Waals surface area contributed by atoms with Crippen LogP contribution in [-0.4, -0.2) is 10.4 Å². The average Bonchev–Trinajstić information content (AvgIpc) is 3.43. The molecular weight excluding hydrogens is 546 g/mol. The van der Waals surface area contributed by atoms with E-state index in [1.165, 1.54) is 32.9 Å². The van der Waals surface area contributed by atoms with Gasteiger partial charge >= 0.3 is 0 Å². The molecule has 0 spiro atoms. The third kappa shape index (κ3) is 5.15. The van der Waals surface area contributed by atoms with Crippen LogP contribution in [0.25, 0.3) is 50.0 Å². The van der Waals surface area contributed by atoms with E-state index in [1.807, 2.05) is 12.1 Å². The van der Waals surface area contributed by atoms with E-state index >= 15 is 0 Å². The minimum Gasteiger partial charge on any atom is -0.339 e. The largest absolute Gasteiger partial charge is 0.339 e. The molecule has 8 rings (SSSR count). The summed E-state index contributed by atoms with van der Waals surface area (Å²) in [5.41, 5.74) is 11.2. The third-order valence-corrected chi connectivity index (χ3v) is 8.43. The van der Waals surface area contributed by atoms with Crippen molar-refractivity contribution in [1.82, 2.24) is 9.88 Å². The molecule has 0 amide bonds. The molecule has 3 heteroatoms. The maximum absolute atomic E-state index is 5.15. The van der Waals surface area contributed by atoms with Gasteiger partial charge in [-0.05, 0) is 59.0 Å². The highest BCUT2D eigenvalue weighted by Gasteiger charge is 2.15. The number of allylic oxidation sites excluding steroid dienone is 2. The maximum atomic E-state index is 5.15. The number of rotatable bonds is 5. The van der Waals surface area contributed by atoms with Crippen molar-refractivity contribution in [2.24, 2.45) is 4.99 Å². The van der Waals surface area contributed by atoms with Gasteiger partial charge in [-0.15, -0.1) is 0 Å². The van der Waals surface area contributed by atoms with Crippen LogP contribution in [0.4, 0.5) is 0 Å². The summed E-state index contributed by atoms with van der Waals surface area (Å²) in [7, 11) is 0. The van der Waals surface area contributed by atoms with Crippen LogP contribution in [0, 0.1) is 0 Å². The minimum absolute atomic E-state index is 0.769. The monoisotopic (exact) mass is 577 g/mol. The van der Waals surface area contributed by atoms with Gasteiger partial charge in [0.25, 0.3) is 0 Å². The zero-order valence-corrected chi connectivity index (χ0v) is 24.8. The smallest absolute Gasteiger partial charge is 0.138 e. The Morgan fingerprint density at radius 2 is 1.09 bits per heavy atom. The van der Waals surface area contributed by atoms with Gasteiger partial charge in [0.1, 0.15) is 5.84 Å². The van der Waals surface area contributed by atoms with E-state index in [-0.39, 0.29) is 0 Å². The summed E-state index contributed by atoms with van der Waals surface area (Å²) in [6.45, 7) is 0. The first kappa shape index (κ1) is 26.7. The summed E-state index contributed by atoms with van der Waals surface area (Å²) in [6, 6.07) is 55.7. The second kappa shape index (κ2) is 11.6. The Hall–Kier alpha value is -5.93. The Bertz CT molecular complexity index is 2240. The molecule has 0 aliphatic carbocycles. The van der Waals surface area contributed by atoms with E-state index in [4.69, 9.17) is 4.99 Å². The lowest BCUT2D eigenvalue weighted by Crippen LogP contribution is -2.24. The average molecular weight is 578 g/mol. The highest BCUT2D eigenvalue weighted by molar-refractivity contribution is 6.10. The van der Waals surface area contributed by atoms with Crippen LogP contribution in [0.1, 0.15) is 23.1 Å². The maximum Gasteiger partial charge on any atom is 0.138 e. The molecule has 214 valence electrons. The molecule has 3 nitrogen and oxygen atoms in total. The van der Waals surface area contributed by atoms with Crippen molar-refractivity contribution in [1.29, 1.82) is 0 Å². The van der Waals surface area contributed by atoms with Crippen molar-refractivity contribution >= 4 is 39.0 Å². The van der Waals surface area contributed by atoms with Crippen molar-refractivity contribution in [3.05, 3.63) is 187 Å². The summed E-state index contributed by atoms with van der Waals surface area (Å²) < 4.78 is 2.37. The van der Waals surface area contributed by atoms with Gasteiger partial charge in [0.2, 0.25) is 0 Å². The molecule has 45 heavy (non-hydrogen) atoms. The molecule has 6 aromatic carbocycles. The fourth-order valence-electron chi connectivity index (χ4n) is 6.25. The van der Waals surface area contributed by atoms with Gasteiger partial charge in [0.15, 0.2) is 0 Å². The summed E-state index contributed by atoms with van der Waals surface area (Å²) in [5.74, 6) is 0.829. The number of nitrogens with one attached hydrogen (secondary N) is 1. The Morgan fingerprint density at radius 3 is 1.89 bits per heavy atom. The van der Waals surface area contributed by atoms with Crippen LogP contribution < -0.4 is 5.32 Å². The van der Waals surface area contributed by atoms with E-state index in [2.05, 4.69) is 168 Å². The summed E-state index contributed by atoms with van der Waals surface area (Å²) in [4.78, 5) is 5.15. The zero-order chi connectivity index (χ0) is 30.0. The molecule has 0 atom stereocenters. The lowest BCUT2D eigenvalue weighted by molar-refractivity contribution is 1.18. The fraction of sp³-hybridized carbons (Fsp3) is 0.0238. The van der Waals surface area contributed by atoms with Crippen molar-refractivity contribution in [3.63, 3.8) is 0 Å². The molecule has 0 fully saturated rings.